The summed E-state index contributed by atoms with van der Waals surface area (Å²) in [5.74, 6) is -0.688. The molecule has 5 rings (SSSR count). The minimum atomic E-state index is -0.555. The van der Waals surface area contributed by atoms with E-state index in [9.17, 15) is 14.4 Å². The summed E-state index contributed by atoms with van der Waals surface area (Å²) in [6, 6.07) is 5.97. The third kappa shape index (κ3) is 2.60. The molecule has 4 aliphatic rings. The highest BCUT2D eigenvalue weighted by molar-refractivity contribution is 6.05. The number of amides is 3. The molecule has 3 saturated heterocycles. The van der Waals surface area contributed by atoms with Gasteiger partial charge in [0, 0.05) is 49.6 Å². The summed E-state index contributed by atoms with van der Waals surface area (Å²) >= 11 is 0. The van der Waals surface area contributed by atoms with E-state index < -0.39 is 6.04 Å². The van der Waals surface area contributed by atoms with Crippen molar-refractivity contribution in [1.29, 1.82) is 0 Å². The molecule has 4 heterocycles. The molecule has 2 N–H and O–H groups in total. The Hall–Kier alpha value is -2.25. The molecule has 0 bridgehead atoms. The van der Waals surface area contributed by atoms with Crippen molar-refractivity contribution >= 4 is 17.7 Å². The van der Waals surface area contributed by atoms with Crippen LogP contribution in [0, 0.1) is 5.41 Å². The highest BCUT2D eigenvalue weighted by atomic mass is 16.2. The molecule has 1 spiro atoms. The van der Waals surface area contributed by atoms with Crippen LogP contribution in [0.4, 0.5) is 0 Å². The number of nitrogens with zero attached hydrogens (tertiary/aromatic N) is 2. The number of carbonyl (C=O) groups is 3. The quantitative estimate of drug-likeness (QED) is 0.750. The molecule has 2 atom stereocenters. The Morgan fingerprint density at radius 2 is 2.04 bits per heavy atom. The second kappa shape index (κ2) is 6.39. The molecule has 28 heavy (non-hydrogen) atoms. The fourth-order valence-electron chi connectivity index (χ4n) is 5.33. The van der Waals surface area contributed by atoms with Crippen LogP contribution in [0.25, 0.3) is 0 Å². The number of likely N-dealkylation sites (tertiary alicyclic amines) is 1. The molecule has 0 radical (unpaired) electrons. The first kappa shape index (κ1) is 17.8. The second-order valence-electron chi connectivity index (χ2n) is 8.71. The Morgan fingerprint density at radius 3 is 2.71 bits per heavy atom. The zero-order chi connectivity index (χ0) is 19.5. The van der Waals surface area contributed by atoms with Gasteiger partial charge in [0.25, 0.3) is 5.91 Å². The number of imide groups is 1. The molecular weight excluding hydrogens is 356 g/mol. The lowest BCUT2D eigenvalue weighted by molar-refractivity contribution is -0.136. The first-order valence-electron chi connectivity index (χ1n) is 10.2. The first-order valence-corrected chi connectivity index (χ1v) is 10.2. The maximum Gasteiger partial charge on any atom is 0.255 e. The predicted molar refractivity (Wildman–Crippen MR) is 102 cm³/mol. The van der Waals surface area contributed by atoms with Crippen molar-refractivity contribution in [3.8, 4) is 0 Å². The third-order valence-electron chi connectivity index (χ3n) is 7.30. The van der Waals surface area contributed by atoms with Gasteiger partial charge in [-0.1, -0.05) is 18.2 Å². The zero-order valence-electron chi connectivity index (χ0n) is 16.2. The van der Waals surface area contributed by atoms with Crippen molar-refractivity contribution in [2.24, 2.45) is 5.41 Å². The molecule has 1 aromatic rings. The van der Waals surface area contributed by atoms with Crippen LogP contribution in [0.5, 0.6) is 0 Å². The number of hydrogen-bond donors (Lipinski definition) is 2. The second-order valence-corrected chi connectivity index (χ2v) is 8.71. The fourth-order valence-corrected chi connectivity index (χ4v) is 5.33. The standard InChI is InChI=1S/C21H26N4O3/c1-13-21(11-22-12-21)7-8-24(13)9-14-3-2-4-15-10-25(20(28)18(14)15)16-5-6-17(26)23-19(16)27/h2-4,13,16,22H,5-12H2,1H3,(H,23,26,27). The molecule has 0 aliphatic carbocycles. The summed E-state index contributed by atoms with van der Waals surface area (Å²) in [4.78, 5) is 41.1. The van der Waals surface area contributed by atoms with Crippen LogP contribution >= 0.6 is 0 Å². The number of carbonyl (C=O) groups excluding carboxylic acids is 3. The monoisotopic (exact) mass is 382 g/mol. The average Bonchev–Trinajstić information content (AvgIpc) is 3.14. The highest BCUT2D eigenvalue weighted by Gasteiger charge is 2.49. The van der Waals surface area contributed by atoms with Crippen molar-refractivity contribution in [3.05, 3.63) is 34.9 Å². The van der Waals surface area contributed by atoms with Crippen molar-refractivity contribution in [1.82, 2.24) is 20.4 Å². The number of rotatable bonds is 3. The molecule has 7 nitrogen and oxygen atoms in total. The van der Waals surface area contributed by atoms with Crippen molar-refractivity contribution < 1.29 is 14.4 Å². The zero-order valence-corrected chi connectivity index (χ0v) is 16.2. The smallest absolute Gasteiger partial charge is 0.255 e. The van der Waals surface area contributed by atoms with E-state index in [-0.39, 0.29) is 24.1 Å². The maximum atomic E-state index is 13.2. The predicted octanol–water partition coefficient (Wildman–Crippen LogP) is 0.631. The van der Waals surface area contributed by atoms with Gasteiger partial charge in [0.05, 0.1) is 0 Å². The van der Waals surface area contributed by atoms with Gasteiger partial charge in [-0.15, -0.1) is 0 Å². The lowest BCUT2D eigenvalue weighted by Gasteiger charge is -2.44. The van der Waals surface area contributed by atoms with E-state index in [4.69, 9.17) is 0 Å². The SMILES string of the molecule is CC1N(Cc2cccc3c2C(=O)N(C2CCC(=O)NC2=O)C3)CCC12CNC2. The number of hydrogen-bond acceptors (Lipinski definition) is 5. The molecule has 3 amide bonds. The van der Waals surface area contributed by atoms with Gasteiger partial charge in [0.2, 0.25) is 11.8 Å². The van der Waals surface area contributed by atoms with Crippen LogP contribution < -0.4 is 10.6 Å². The van der Waals surface area contributed by atoms with E-state index in [1.807, 2.05) is 18.2 Å². The average molecular weight is 382 g/mol. The largest absolute Gasteiger partial charge is 0.322 e. The normalized spacial score (nSPS) is 29.2. The Balaban J connectivity index is 1.37. The molecule has 148 valence electrons. The van der Waals surface area contributed by atoms with Gasteiger partial charge in [0.15, 0.2) is 0 Å². The maximum absolute atomic E-state index is 13.2. The number of nitrogens with one attached hydrogen (secondary N) is 2. The van der Waals surface area contributed by atoms with Crippen LogP contribution in [-0.2, 0) is 22.7 Å². The third-order valence-corrected chi connectivity index (χ3v) is 7.30. The molecule has 0 aromatic heterocycles. The molecule has 3 fully saturated rings. The highest BCUT2D eigenvalue weighted by Crippen LogP contribution is 2.41. The van der Waals surface area contributed by atoms with E-state index in [0.717, 1.165) is 42.9 Å². The van der Waals surface area contributed by atoms with Crippen LogP contribution in [0.2, 0.25) is 0 Å². The minimum Gasteiger partial charge on any atom is -0.322 e. The van der Waals surface area contributed by atoms with Crippen LogP contribution in [0.1, 0.15) is 47.7 Å². The number of piperidine rings is 1. The van der Waals surface area contributed by atoms with E-state index in [0.29, 0.717) is 24.4 Å². The Morgan fingerprint density at radius 1 is 1.21 bits per heavy atom. The van der Waals surface area contributed by atoms with Crippen molar-refractivity contribution in [3.63, 3.8) is 0 Å². The molecule has 1 aromatic carbocycles. The van der Waals surface area contributed by atoms with Gasteiger partial charge in [-0.3, -0.25) is 24.6 Å². The summed E-state index contributed by atoms with van der Waals surface area (Å²) in [6.07, 6.45) is 1.88. The van der Waals surface area contributed by atoms with Gasteiger partial charge >= 0.3 is 0 Å². The summed E-state index contributed by atoms with van der Waals surface area (Å²) in [5.41, 5.74) is 3.18. The van der Waals surface area contributed by atoms with Gasteiger partial charge in [-0.25, -0.2) is 0 Å². The van der Waals surface area contributed by atoms with Crippen molar-refractivity contribution in [2.45, 2.75) is 51.4 Å². The van der Waals surface area contributed by atoms with E-state index in [2.05, 4.69) is 22.5 Å². The van der Waals surface area contributed by atoms with Crippen molar-refractivity contribution in [2.75, 3.05) is 19.6 Å². The molecule has 7 heteroatoms. The molecule has 4 aliphatic heterocycles. The van der Waals surface area contributed by atoms with Gasteiger partial charge in [-0.05, 0) is 37.4 Å². The van der Waals surface area contributed by atoms with Gasteiger partial charge < -0.3 is 10.2 Å². The van der Waals surface area contributed by atoms with Gasteiger partial charge in [0.1, 0.15) is 6.04 Å². The summed E-state index contributed by atoms with van der Waals surface area (Å²) < 4.78 is 0. The number of benzene rings is 1. The Labute approximate surface area is 164 Å². The minimum absolute atomic E-state index is 0.0769. The molecule has 0 saturated carbocycles. The Bertz CT molecular complexity index is 863. The fraction of sp³-hybridized carbons (Fsp3) is 0.571. The Kier molecular flexibility index (Phi) is 4.07. The van der Waals surface area contributed by atoms with Gasteiger partial charge in [-0.2, -0.15) is 0 Å². The van der Waals surface area contributed by atoms with Crippen LogP contribution in [0.3, 0.4) is 0 Å². The summed E-state index contributed by atoms with van der Waals surface area (Å²) in [6.45, 7) is 6.73. The summed E-state index contributed by atoms with van der Waals surface area (Å²) in [5, 5.41) is 5.78. The topological polar surface area (TPSA) is 81.8 Å². The lowest BCUT2D eigenvalue weighted by atomic mass is 9.75. The summed E-state index contributed by atoms with van der Waals surface area (Å²) in [7, 11) is 0. The van der Waals surface area contributed by atoms with E-state index >= 15 is 0 Å². The van der Waals surface area contributed by atoms with Crippen LogP contribution in [-0.4, -0.2) is 59.2 Å². The van der Waals surface area contributed by atoms with Crippen LogP contribution in [0.15, 0.2) is 18.2 Å². The molecular formula is C21H26N4O3. The van der Waals surface area contributed by atoms with E-state index in [1.54, 1.807) is 4.90 Å². The molecule has 2 unspecified atom stereocenters. The number of fused-ring (bicyclic) bond motifs is 1. The lowest BCUT2D eigenvalue weighted by Crippen LogP contribution is -2.58. The van der Waals surface area contributed by atoms with E-state index in [1.165, 1.54) is 6.42 Å². The first-order chi connectivity index (χ1) is 13.5.